The van der Waals surface area contributed by atoms with Gasteiger partial charge in [-0.15, -0.1) is 12.4 Å². The maximum absolute atomic E-state index is 13.2. The molecule has 25 heavy (non-hydrogen) atoms. The van der Waals surface area contributed by atoms with Crippen molar-refractivity contribution in [1.29, 1.82) is 0 Å². The normalized spacial score (nSPS) is 24.6. The van der Waals surface area contributed by atoms with Crippen molar-refractivity contribution in [2.24, 2.45) is 11.1 Å². The lowest BCUT2D eigenvalue weighted by Crippen LogP contribution is -2.55. The van der Waals surface area contributed by atoms with Crippen molar-refractivity contribution in [2.75, 3.05) is 13.1 Å². The van der Waals surface area contributed by atoms with Gasteiger partial charge in [-0.25, -0.2) is 0 Å². The lowest BCUT2D eigenvalue weighted by atomic mass is 9.79. The number of benzene rings is 1. The fourth-order valence-electron chi connectivity index (χ4n) is 3.85. The van der Waals surface area contributed by atoms with E-state index < -0.39 is 6.10 Å². The minimum Gasteiger partial charge on any atom is -0.360 e. The van der Waals surface area contributed by atoms with Crippen molar-refractivity contribution in [3.8, 4) is 0 Å². The predicted octanol–water partition coefficient (Wildman–Crippen LogP) is 3.69. The molecule has 0 bridgehead atoms. The average Bonchev–Trinajstić information content (AvgIpc) is 3.08. The number of amides is 1. The van der Waals surface area contributed by atoms with E-state index in [0.29, 0.717) is 6.54 Å². The topological polar surface area (TPSA) is 55.6 Å². The van der Waals surface area contributed by atoms with Crippen LogP contribution >= 0.6 is 12.4 Å². The maximum atomic E-state index is 13.2. The summed E-state index contributed by atoms with van der Waals surface area (Å²) >= 11 is 0. The first-order valence-electron chi connectivity index (χ1n) is 9.22. The minimum absolute atomic E-state index is 0. The molecule has 1 saturated carbocycles. The number of hydrogen-bond acceptors (Lipinski definition) is 3. The molecule has 1 heterocycles. The maximum Gasteiger partial charge on any atom is 0.256 e. The number of rotatable bonds is 4. The standard InChI is InChI=1S/C20H30N2O2.ClH/c1-20(2)14-22(13-12-17(20)21)19(23)18(15-8-4-3-5-9-15)24-16-10-6-7-11-16;/h3-5,8-9,16-18H,6-7,10-14,21H2,1-2H3;1H. The van der Waals surface area contributed by atoms with Crippen molar-refractivity contribution >= 4 is 18.3 Å². The molecule has 2 fully saturated rings. The van der Waals surface area contributed by atoms with Gasteiger partial charge in [0.25, 0.3) is 5.91 Å². The molecule has 0 spiro atoms. The highest BCUT2D eigenvalue weighted by Gasteiger charge is 2.38. The van der Waals surface area contributed by atoms with E-state index in [-0.39, 0.29) is 35.9 Å². The first kappa shape index (κ1) is 20.2. The van der Waals surface area contributed by atoms with Gasteiger partial charge in [0, 0.05) is 19.1 Å². The van der Waals surface area contributed by atoms with Crippen molar-refractivity contribution in [2.45, 2.75) is 64.2 Å². The van der Waals surface area contributed by atoms with E-state index in [0.717, 1.165) is 31.4 Å². The minimum atomic E-state index is -0.487. The van der Waals surface area contributed by atoms with Gasteiger partial charge in [0.2, 0.25) is 0 Å². The second-order valence-electron chi connectivity index (χ2n) is 7.98. The molecule has 2 atom stereocenters. The van der Waals surface area contributed by atoms with Gasteiger partial charge in [0.15, 0.2) is 6.10 Å². The van der Waals surface area contributed by atoms with E-state index in [9.17, 15) is 4.79 Å². The van der Waals surface area contributed by atoms with E-state index in [1.807, 2.05) is 35.2 Å². The molecule has 2 unspecified atom stereocenters. The molecule has 2 N–H and O–H groups in total. The molecule has 1 aliphatic heterocycles. The largest absolute Gasteiger partial charge is 0.360 e. The Bertz CT molecular complexity index is 558. The zero-order valence-electron chi connectivity index (χ0n) is 15.3. The van der Waals surface area contributed by atoms with Crippen LogP contribution in [-0.4, -0.2) is 36.0 Å². The quantitative estimate of drug-likeness (QED) is 0.884. The summed E-state index contributed by atoms with van der Waals surface area (Å²) in [5.74, 6) is 0.0908. The van der Waals surface area contributed by atoms with Crippen LogP contribution in [0.15, 0.2) is 30.3 Å². The van der Waals surface area contributed by atoms with Crippen molar-refractivity contribution in [3.05, 3.63) is 35.9 Å². The Morgan fingerprint density at radius 1 is 1.20 bits per heavy atom. The Hall–Kier alpha value is -1.10. The fourth-order valence-corrected chi connectivity index (χ4v) is 3.85. The molecule has 140 valence electrons. The smallest absolute Gasteiger partial charge is 0.256 e. The Kier molecular flexibility index (Phi) is 6.89. The highest BCUT2D eigenvalue weighted by atomic mass is 35.5. The number of carbonyl (C=O) groups is 1. The third-order valence-corrected chi connectivity index (χ3v) is 5.58. The number of ether oxygens (including phenoxy) is 1. The molecule has 1 aromatic carbocycles. The molecule has 1 saturated heterocycles. The Labute approximate surface area is 157 Å². The highest BCUT2D eigenvalue weighted by Crippen LogP contribution is 2.33. The Morgan fingerprint density at radius 2 is 1.84 bits per heavy atom. The summed E-state index contributed by atoms with van der Waals surface area (Å²) in [4.78, 5) is 15.2. The van der Waals surface area contributed by atoms with Crippen molar-refractivity contribution < 1.29 is 9.53 Å². The number of carbonyl (C=O) groups excluding carboxylic acids is 1. The van der Waals surface area contributed by atoms with Crippen LogP contribution in [-0.2, 0) is 9.53 Å². The monoisotopic (exact) mass is 366 g/mol. The lowest BCUT2D eigenvalue weighted by molar-refractivity contribution is -0.151. The summed E-state index contributed by atoms with van der Waals surface area (Å²) in [5, 5.41) is 0. The summed E-state index contributed by atoms with van der Waals surface area (Å²) in [5.41, 5.74) is 7.13. The van der Waals surface area contributed by atoms with Gasteiger partial charge in [-0.3, -0.25) is 4.79 Å². The van der Waals surface area contributed by atoms with Crippen LogP contribution < -0.4 is 5.73 Å². The molecular formula is C20H31ClN2O2. The number of hydrogen-bond donors (Lipinski definition) is 1. The first-order chi connectivity index (χ1) is 11.5. The molecule has 2 aliphatic rings. The number of nitrogens with two attached hydrogens (primary N) is 1. The fraction of sp³-hybridized carbons (Fsp3) is 0.650. The van der Waals surface area contributed by atoms with Gasteiger partial charge >= 0.3 is 0 Å². The number of likely N-dealkylation sites (tertiary alicyclic amines) is 1. The van der Waals surface area contributed by atoms with Crippen LogP contribution in [0.25, 0.3) is 0 Å². The third-order valence-electron chi connectivity index (χ3n) is 5.58. The molecular weight excluding hydrogens is 336 g/mol. The number of nitrogens with zero attached hydrogens (tertiary/aromatic N) is 1. The second kappa shape index (κ2) is 8.52. The Morgan fingerprint density at radius 3 is 2.44 bits per heavy atom. The molecule has 1 aromatic rings. The predicted molar refractivity (Wildman–Crippen MR) is 103 cm³/mol. The number of piperidine rings is 1. The van der Waals surface area contributed by atoms with Gasteiger partial charge in [0.1, 0.15) is 0 Å². The van der Waals surface area contributed by atoms with Gasteiger partial charge in [0.05, 0.1) is 6.10 Å². The summed E-state index contributed by atoms with van der Waals surface area (Å²) in [7, 11) is 0. The van der Waals surface area contributed by atoms with Crippen LogP contribution in [0.2, 0.25) is 0 Å². The average molecular weight is 367 g/mol. The van der Waals surface area contributed by atoms with Crippen LogP contribution in [0.4, 0.5) is 0 Å². The van der Waals surface area contributed by atoms with E-state index in [2.05, 4.69) is 13.8 Å². The molecule has 5 heteroatoms. The summed E-state index contributed by atoms with van der Waals surface area (Å²) in [6.45, 7) is 5.71. The summed E-state index contributed by atoms with van der Waals surface area (Å²) < 4.78 is 6.29. The van der Waals surface area contributed by atoms with E-state index in [4.69, 9.17) is 10.5 Å². The van der Waals surface area contributed by atoms with Crippen molar-refractivity contribution in [3.63, 3.8) is 0 Å². The molecule has 3 rings (SSSR count). The molecule has 0 aromatic heterocycles. The van der Waals surface area contributed by atoms with Gasteiger partial charge in [-0.05, 0) is 30.2 Å². The van der Waals surface area contributed by atoms with Gasteiger partial charge in [-0.2, -0.15) is 0 Å². The summed E-state index contributed by atoms with van der Waals surface area (Å²) in [6, 6.07) is 10.1. The molecule has 1 aliphatic carbocycles. The van der Waals surface area contributed by atoms with Crippen LogP contribution in [0.3, 0.4) is 0 Å². The van der Waals surface area contributed by atoms with Crippen LogP contribution in [0, 0.1) is 5.41 Å². The van der Waals surface area contributed by atoms with E-state index >= 15 is 0 Å². The van der Waals surface area contributed by atoms with Crippen LogP contribution in [0.1, 0.15) is 57.6 Å². The summed E-state index contributed by atoms with van der Waals surface area (Å²) in [6.07, 6.45) is 5.10. The van der Waals surface area contributed by atoms with Gasteiger partial charge in [-0.1, -0.05) is 57.0 Å². The van der Waals surface area contributed by atoms with Crippen LogP contribution in [0.5, 0.6) is 0 Å². The van der Waals surface area contributed by atoms with Crippen molar-refractivity contribution in [1.82, 2.24) is 4.90 Å². The highest BCUT2D eigenvalue weighted by molar-refractivity contribution is 5.85. The zero-order chi connectivity index (χ0) is 17.2. The van der Waals surface area contributed by atoms with Gasteiger partial charge < -0.3 is 15.4 Å². The third kappa shape index (κ3) is 4.75. The van der Waals surface area contributed by atoms with E-state index in [1.165, 1.54) is 12.8 Å². The first-order valence-corrected chi connectivity index (χ1v) is 9.22. The molecule has 1 amide bonds. The van der Waals surface area contributed by atoms with E-state index in [1.54, 1.807) is 0 Å². The number of halogens is 1. The zero-order valence-corrected chi connectivity index (χ0v) is 16.1. The molecule has 0 radical (unpaired) electrons. The second-order valence-corrected chi connectivity index (χ2v) is 7.98. The Balaban J connectivity index is 0.00000225. The lowest BCUT2D eigenvalue weighted by Gasteiger charge is -2.43. The molecule has 4 nitrogen and oxygen atoms in total. The SMILES string of the molecule is CC1(C)CN(C(=O)C(OC2CCCC2)c2ccccc2)CCC1N.Cl.